The molecule has 1 aromatic heterocycles. The molecule has 0 saturated heterocycles. The Morgan fingerprint density at radius 3 is 2.93 bits per heavy atom. The molecule has 0 aliphatic heterocycles. The van der Waals surface area contributed by atoms with Crippen molar-refractivity contribution in [2.24, 2.45) is 5.84 Å². The summed E-state index contributed by atoms with van der Waals surface area (Å²) in [5.41, 5.74) is 2.17. The topological polar surface area (TPSA) is 80.9 Å². The Balaban J connectivity index is 2.62. The fourth-order valence-corrected chi connectivity index (χ4v) is 3.06. The minimum Gasteiger partial charge on any atom is -0.293 e. The average molecular weight is 246 g/mol. The Kier molecular flexibility index (Phi) is 5.00. The lowest BCUT2D eigenvalue weighted by Gasteiger charge is -2.11. The van der Waals surface area contributed by atoms with Crippen LogP contribution in [-0.4, -0.2) is 20.5 Å². The number of hydrazine groups is 1. The molecule has 0 bridgehead atoms. The van der Waals surface area contributed by atoms with E-state index in [9.17, 15) is 4.79 Å². The van der Waals surface area contributed by atoms with Crippen LogP contribution < -0.4 is 11.3 Å². The van der Waals surface area contributed by atoms with Crippen molar-refractivity contribution in [1.82, 2.24) is 14.8 Å². The van der Waals surface area contributed by atoms with Gasteiger partial charge in [0.2, 0.25) is 5.91 Å². The van der Waals surface area contributed by atoms with Crippen LogP contribution in [0, 0.1) is 6.92 Å². The number of aromatic nitrogens is 2. The van der Waals surface area contributed by atoms with Crippen molar-refractivity contribution in [1.29, 1.82) is 0 Å². The second-order valence-electron chi connectivity index (χ2n) is 3.01. The van der Waals surface area contributed by atoms with Gasteiger partial charge in [-0.2, -0.15) is 4.37 Å². The summed E-state index contributed by atoms with van der Waals surface area (Å²) in [5, 5.41) is -0.174. The summed E-state index contributed by atoms with van der Waals surface area (Å²) < 4.78 is 4.88. The molecular formula is C8H14N4OS2. The monoisotopic (exact) mass is 246 g/mol. The van der Waals surface area contributed by atoms with Gasteiger partial charge >= 0.3 is 0 Å². The fraction of sp³-hybridized carbons (Fsp3) is 0.625. The summed E-state index contributed by atoms with van der Waals surface area (Å²) in [5.74, 6) is 5.70. The fourth-order valence-electron chi connectivity index (χ4n) is 1.05. The van der Waals surface area contributed by atoms with Gasteiger partial charge in [-0.05, 0) is 24.9 Å². The predicted molar refractivity (Wildman–Crippen MR) is 61.5 cm³/mol. The molecule has 3 N–H and O–H groups in total. The van der Waals surface area contributed by atoms with Gasteiger partial charge in [-0.3, -0.25) is 10.2 Å². The zero-order valence-corrected chi connectivity index (χ0v) is 10.3. The van der Waals surface area contributed by atoms with Crippen LogP contribution in [0.15, 0.2) is 4.34 Å². The van der Waals surface area contributed by atoms with Gasteiger partial charge in [-0.25, -0.2) is 10.8 Å². The van der Waals surface area contributed by atoms with Crippen LogP contribution in [-0.2, 0) is 4.79 Å². The van der Waals surface area contributed by atoms with E-state index in [0.717, 1.165) is 23.0 Å². The first-order valence-corrected chi connectivity index (χ1v) is 6.30. The van der Waals surface area contributed by atoms with E-state index < -0.39 is 0 Å². The first-order chi connectivity index (χ1) is 7.17. The van der Waals surface area contributed by atoms with Gasteiger partial charge in [0, 0.05) is 0 Å². The molecule has 1 unspecified atom stereocenters. The second-order valence-corrected chi connectivity index (χ2v) is 5.21. The molecular weight excluding hydrogens is 232 g/mol. The van der Waals surface area contributed by atoms with Crippen molar-refractivity contribution in [3.05, 3.63) is 5.82 Å². The van der Waals surface area contributed by atoms with Gasteiger partial charge in [0.05, 0.1) is 5.25 Å². The highest BCUT2D eigenvalue weighted by atomic mass is 32.2. The number of nitrogens with zero attached hydrogens (tertiary/aromatic N) is 2. The number of amides is 1. The molecule has 0 saturated carbocycles. The van der Waals surface area contributed by atoms with Crippen LogP contribution in [0.5, 0.6) is 0 Å². The van der Waals surface area contributed by atoms with Gasteiger partial charge in [-0.15, -0.1) is 0 Å². The summed E-state index contributed by atoms with van der Waals surface area (Å²) in [4.78, 5) is 15.6. The molecule has 0 fully saturated rings. The van der Waals surface area contributed by atoms with Crippen molar-refractivity contribution in [2.75, 3.05) is 0 Å². The number of nitrogens with one attached hydrogen (secondary N) is 1. The lowest BCUT2D eigenvalue weighted by atomic mass is 10.2. The van der Waals surface area contributed by atoms with Gasteiger partial charge in [-0.1, -0.05) is 25.1 Å². The number of nitrogens with two attached hydrogens (primary N) is 1. The van der Waals surface area contributed by atoms with E-state index in [-0.39, 0.29) is 11.2 Å². The summed E-state index contributed by atoms with van der Waals surface area (Å²) in [7, 11) is 0. The molecule has 1 heterocycles. The van der Waals surface area contributed by atoms with Gasteiger partial charge in [0.15, 0.2) is 4.34 Å². The van der Waals surface area contributed by atoms with Gasteiger partial charge < -0.3 is 0 Å². The third-order valence-corrected chi connectivity index (χ3v) is 3.88. The van der Waals surface area contributed by atoms with E-state index in [4.69, 9.17) is 5.84 Å². The van der Waals surface area contributed by atoms with E-state index in [0.29, 0.717) is 0 Å². The number of rotatable bonds is 5. The Labute approximate surface area is 97.0 Å². The summed E-state index contributed by atoms with van der Waals surface area (Å²) in [6.45, 7) is 3.86. The number of aryl methyl sites for hydroxylation is 1. The first-order valence-electron chi connectivity index (χ1n) is 4.64. The van der Waals surface area contributed by atoms with Gasteiger partial charge in [0.1, 0.15) is 5.82 Å². The van der Waals surface area contributed by atoms with Crippen LogP contribution in [0.1, 0.15) is 25.6 Å². The summed E-state index contributed by atoms with van der Waals surface area (Å²) in [6, 6.07) is 0. The molecule has 0 aromatic carbocycles. The minimum absolute atomic E-state index is 0.158. The number of hydrogen-bond acceptors (Lipinski definition) is 6. The average Bonchev–Trinajstić information content (AvgIpc) is 2.62. The number of hydrogen-bond donors (Lipinski definition) is 2. The van der Waals surface area contributed by atoms with E-state index >= 15 is 0 Å². The number of carbonyl (C=O) groups excluding carboxylic acids is 1. The van der Waals surface area contributed by atoms with Crippen LogP contribution in [0.25, 0.3) is 0 Å². The van der Waals surface area contributed by atoms with E-state index in [1.165, 1.54) is 23.3 Å². The van der Waals surface area contributed by atoms with E-state index in [2.05, 4.69) is 14.8 Å². The Morgan fingerprint density at radius 2 is 2.47 bits per heavy atom. The SMILES string of the molecule is CCCC(Sc1nc(C)ns1)C(=O)NN. The third-order valence-electron chi connectivity index (χ3n) is 1.74. The standard InChI is InChI=1S/C8H14N4OS2/c1-3-4-6(7(13)11-9)14-8-10-5(2)12-15-8/h6H,3-4,9H2,1-2H3,(H,11,13). The normalized spacial score (nSPS) is 12.5. The molecule has 5 nitrogen and oxygen atoms in total. The first kappa shape index (κ1) is 12.4. The maximum Gasteiger partial charge on any atom is 0.247 e. The molecule has 0 aliphatic rings. The van der Waals surface area contributed by atoms with Crippen LogP contribution in [0.4, 0.5) is 0 Å². The molecule has 15 heavy (non-hydrogen) atoms. The molecule has 1 rings (SSSR count). The maximum absolute atomic E-state index is 11.4. The van der Waals surface area contributed by atoms with E-state index in [1.807, 2.05) is 13.8 Å². The van der Waals surface area contributed by atoms with Crippen molar-refractivity contribution in [3.8, 4) is 0 Å². The minimum atomic E-state index is -0.174. The highest BCUT2D eigenvalue weighted by molar-refractivity contribution is 8.02. The lowest BCUT2D eigenvalue weighted by Crippen LogP contribution is -2.37. The van der Waals surface area contributed by atoms with E-state index in [1.54, 1.807) is 0 Å². The quantitative estimate of drug-likeness (QED) is 0.352. The Hall–Kier alpha value is -0.660. The lowest BCUT2D eigenvalue weighted by molar-refractivity contribution is -0.120. The highest BCUT2D eigenvalue weighted by Gasteiger charge is 2.19. The zero-order valence-electron chi connectivity index (χ0n) is 8.69. The van der Waals surface area contributed by atoms with Crippen molar-refractivity contribution in [2.45, 2.75) is 36.3 Å². The Bertz CT molecular complexity index is 328. The van der Waals surface area contributed by atoms with Crippen LogP contribution >= 0.6 is 23.3 Å². The number of carbonyl (C=O) groups is 1. The molecule has 0 spiro atoms. The molecule has 1 aromatic rings. The molecule has 1 atom stereocenters. The predicted octanol–water partition coefficient (Wildman–Crippen LogP) is 1.10. The summed E-state index contributed by atoms with van der Waals surface area (Å²) >= 11 is 2.73. The molecule has 1 amide bonds. The van der Waals surface area contributed by atoms with Gasteiger partial charge in [0.25, 0.3) is 0 Å². The third kappa shape index (κ3) is 3.77. The Morgan fingerprint density at radius 1 is 1.73 bits per heavy atom. The summed E-state index contributed by atoms with van der Waals surface area (Å²) in [6.07, 6.45) is 1.72. The number of thioether (sulfide) groups is 1. The molecule has 0 aliphatic carbocycles. The molecule has 0 radical (unpaired) electrons. The molecule has 7 heteroatoms. The van der Waals surface area contributed by atoms with Crippen molar-refractivity contribution >= 4 is 29.2 Å². The highest BCUT2D eigenvalue weighted by Crippen LogP contribution is 2.27. The molecule has 84 valence electrons. The van der Waals surface area contributed by atoms with Crippen molar-refractivity contribution < 1.29 is 4.79 Å². The smallest absolute Gasteiger partial charge is 0.247 e. The zero-order chi connectivity index (χ0) is 11.3. The van der Waals surface area contributed by atoms with Crippen LogP contribution in [0.3, 0.4) is 0 Å². The van der Waals surface area contributed by atoms with Crippen molar-refractivity contribution in [3.63, 3.8) is 0 Å². The maximum atomic E-state index is 11.4. The van der Waals surface area contributed by atoms with Crippen LogP contribution in [0.2, 0.25) is 0 Å². The largest absolute Gasteiger partial charge is 0.293 e. The second kappa shape index (κ2) is 6.04.